The Bertz CT molecular complexity index is 4550. The van der Waals surface area contributed by atoms with Crippen molar-refractivity contribution in [2.24, 2.45) is 0 Å². The minimum Gasteiger partial charge on any atom is -0.458 e. The van der Waals surface area contributed by atoms with Gasteiger partial charge in [0.1, 0.15) is 11.5 Å². The lowest BCUT2D eigenvalue weighted by Gasteiger charge is -2.42. The molecule has 2 aliphatic heterocycles. The van der Waals surface area contributed by atoms with E-state index in [1.165, 1.54) is 27.0 Å². The van der Waals surface area contributed by atoms with Crippen LogP contribution in [0.3, 0.4) is 0 Å². The van der Waals surface area contributed by atoms with Crippen LogP contribution in [0.15, 0.2) is 273 Å². The second-order valence-corrected chi connectivity index (χ2v) is 20.9. The van der Waals surface area contributed by atoms with Crippen LogP contribution in [0.1, 0.15) is 0 Å². The molecule has 0 fully saturated rings. The average Bonchev–Trinajstić information content (AvgIpc) is 4.12. The van der Waals surface area contributed by atoms with Gasteiger partial charge in [-0.2, -0.15) is 0 Å². The molecule has 16 rings (SSSR count). The van der Waals surface area contributed by atoms with E-state index in [9.17, 15) is 0 Å². The summed E-state index contributed by atoms with van der Waals surface area (Å²) in [6, 6.07) is 99.0. The van der Waals surface area contributed by atoms with Crippen molar-refractivity contribution >= 4 is 95.4 Å². The van der Waals surface area contributed by atoms with Crippen molar-refractivity contribution in [3.63, 3.8) is 0 Å². The zero-order chi connectivity index (χ0) is 51.4. The van der Waals surface area contributed by atoms with Gasteiger partial charge in [0, 0.05) is 71.6 Å². The first-order valence-corrected chi connectivity index (χ1v) is 27.0. The van der Waals surface area contributed by atoms with E-state index in [-0.39, 0.29) is 6.71 Å². The molecule has 0 unspecified atom stereocenters. The molecule has 4 heterocycles. The van der Waals surface area contributed by atoms with Gasteiger partial charge in [-0.15, -0.1) is 0 Å². The highest BCUT2D eigenvalue weighted by atomic mass is 35.5. The summed E-state index contributed by atoms with van der Waals surface area (Å²) in [4.78, 5) is 2.52. The number of benzene rings is 12. The lowest BCUT2D eigenvalue weighted by Crippen LogP contribution is -2.59. The maximum Gasteiger partial charge on any atom is 0.256 e. The molecule has 2 aromatic heterocycles. The second kappa shape index (κ2) is 17.6. The number of nitrogens with zero attached hydrogens (tertiary/aromatic N) is 3. The molecule has 0 saturated heterocycles. The van der Waals surface area contributed by atoms with Crippen LogP contribution in [-0.2, 0) is 0 Å². The number of hydrogen-bond acceptors (Lipinski definition) is 2. The van der Waals surface area contributed by atoms with Crippen molar-refractivity contribution in [3.8, 4) is 67.4 Å². The Morgan fingerprint density at radius 2 is 0.795 bits per heavy atom. The maximum atomic E-state index is 7.47. The normalized spacial score (nSPS) is 12.5. The minimum atomic E-state index is -0.196. The summed E-state index contributed by atoms with van der Waals surface area (Å²) in [6.07, 6.45) is 0. The highest BCUT2D eigenvalue weighted by molar-refractivity contribution is 6.99. The Morgan fingerprint density at radius 1 is 0.333 bits per heavy atom. The second-order valence-electron chi connectivity index (χ2n) is 20.4. The summed E-state index contributed by atoms with van der Waals surface area (Å²) in [6.45, 7) is -0.196. The van der Waals surface area contributed by atoms with Gasteiger partial charge in [0.2, 0.25) is 0 Å². The fourth-order valence-corrected chi connectivity index (χ4v) is 13.2. The molecule has 0 bridgehead atoms. The van der Waals surface area contributed by atoms with Gasteiger partial charge in [0.25, 0.3) is 6.71 Å². The van der Waals surface area contributed by atoms with E-state index in [1.54, 1.807) is 0 Å². The predicted octanol–water partition coefficient (Wildman–Crippen LogP) is 17.6. The Morgan fingerprint density at radius 3 is 1.36 bits per heavy atom. The van der Waals surface area contributed by atoms with Crippen LogP contribution in [0, 0.1) is 0 Å². The van der Waals surface area contributed by atoms with Gasteiger partial charge < -0.3 is 18.8 Å². The molecule has 0 N–H and O–H groups in total. The SMILES string of the molecule is Clc1cc2c3c(c1)N(c1c(-c4cccc5c6ccccc6n(-c6ccccc6)c45)cccc1-c1cccc4c5ccccc5n(-c5ccccc5)c14)c1ccc(-c4ccccc4)cc1B3c1cc(-c3ccccc3)ccc1O2. The first-order valence-electron chi connectivity index (χ1n) is 26.6. The number of rotatable bonds is 7. The number of para-hydroxylation sites is 7. The van der Waals surface area contributed by atoms with Gasteiger partial charge in [-0.05, 0) is 99.3 Å². The molecule has 364 valence electrons. The molecule has 0 atom stereocenters. The van der Waals surface area contributed by atoms with Crippen LogP contribution in [0.4, 0.5) is 17.1 Å². The molecule has 0 saturated carbocycles. The fraction of sp³-hybridized carbons (Fsp3) is 0. The van der Waals surface area contributed by atoms with Crippen LogP contribution in [0.5, 0.6) is 11.5 Å². The summed E-state index contributed by atoms with van der Waals surface area (Å²) in [5.41, 5.74) is 22.1. The first-order chi connectivity index (χ1) is 38.6. The Hall–Kier alpha value is -9.81. The highest BCUT2D eigenvalue weighted by Crippen LogP contribution is 2.53. The van der Waals surface area contributed by atoms with Crippen molar-refractivity contribution in [2.45, 2.75) is 0 Å². The summed E-state index contributed by atoms with van der Waals surface area (Å²) in [5, 5.41) is 5.35. The summed E-state index contributed by atoms with van der Waals surface area (Å²) >= 11 is 7.47. The Labute approximate surface area is 456 Å². The standard InChI is InChI=1S/C72H45BClN3O/c74-50-44-66-69-68(45-50)78-67-41-39-49(47-22-7-2-8-23-47)43-62(67)73(69)61-42-48(46-20-5-1-6-21-46)38-40-65(61)77(66)72-59(57-32-17-30-55-53-28-13-15-36-63(53)75(70(55)57)51-24-9-3-10-25-51)34-19-35-60(72)58-33-18-31-56-54-29-14-16-37-64(54)76(71(56)58)52-26-11-4-12-27-52/h1-45H. The van der Waals surface area contributed by atoms with Gasteiger partial charge in [0.15, 0.2) is 0 Å². The van der Waals surface area contributed by atoms with Crippen LogP contribution >= 0.6 is 11.6 Å². The van der Waals surface area contributed by atoms with Gasteiger partial charge in [-0.25, -0.2) is 0 Å². The summed E-state index contributed by atoms with van der Waals surface area (Å²) in [5.74, 6) is 1.58. The molecule has 6 heteroatoms. The zero-order valence-electron chi connectivity index (χ0n) is 42.2. The third kappa shape index (κ3) is 6.75. The number of aromatic nitrogens is 2. The third-order valence-electron chi connectivity index (χ3n) is 16.2. The van der Waals surface area contributed by atoms with Gasteiger partial charge in [0.05, 0.1) is 27.8 Å². The quantitative estimate of drug-likeness (QED) is 0.148. The lowest BCUT2D eigenvalue weighted by molar-refractivity contribution is 0.487. The van der Waals surface area contributed by atoms with E-state index in [2.05, 4.69) is 281 Å². The lowest BCUT2D eigenvalue weighted by atomic mass is 9.34. The van der Waals surface area contributed by atoms with Crippen LogP contribution in [-0.4, -0.2) is 15.8 Å². The largest absolute Gasteiger partial charge is 0.458 e. The third-order valence-corrected chi connectivity index (χ3v) is 16.4. The molecule has 4 nitrogen and oxygen atoms in total. The van der Waals surface area contributed by atoms with Crippen LogP contribution in [0.25, 0.3) is 99.5 Å². The van der Waals surface area contributed by atoms with E-state index in [0.29, 0.717) is 5.02 Å². The Kier molecular flexibility index (Phi) is 10.1. The van der Waals surface area contributed by atoms with Crippen LogP contribution in [0.2, 0.25) is 5.02 Å². The van der Waals surface area contributed by atoms with Gasteiger partial charge in [-0.3, -0.25) is 0 Å². The number of fused-ring (bicyclic) bond motifs is 10. The molecule has 0 spiro atoms. The Balaban J connectivity index is 1.06. The van der Waals surface area contributed by atoms with Gasteiger partial charge in [-0.1, -0.05) is 224 Å². The molecular formula is C72H45BClN3O. The first kappa shape index (κ1) is 44.5. The molecule has 12 aromatic carbocycles. The zero-order valence-corrected chi connectivity index (χ0v) is 42.9. The van der Waals surface area contributed by atoms with Crippen molar-refractivity contribution in [3.05, 3.63) is 278 Å². The van der Waals surface area contributed by atoms with E-state index in [1.807, 2.05) is 6.07 Å². The van der Waals surface area contributed by atoms with Crippen LogP contribution < -0.4 is 26.0 Å². The van der Waals surface area contributed by atoms with E-state index >= 15 is 0 Å². The monoisotopic (exact) mass is 1010 g/mol. The number of ether oxygens (including phenoxy) is 1. The maximum absolute atomic E-state index is 7.47. The van der Waals surface area contributed by atoms with Crippen molar-refractivity contribution < 1.29 is 4.74 Å². The van der Waals surface area contributed by atoms with Crippen molar-refractivity contribution in [1.29, 1.82) is 0 Å². The highest BCUT2D eigenvalue weighted by Gasteiger charge is 2.44. The summed E-state index contributed by atoms with van der Waals surface area (Å²) in [7, 11) is 0. The minimum absolute atomic E-state index is 0.196. The van der Waals surface area contributed by atoms with Crippen molar-refractivity contribution in [1.82, 2.24) is 9.13 Å². The predicted molar refractivity (Wildman–Crippen MR) is 328 cm³/mol. The van der Waals surface area contributed by atoms with E-state index < -0.39 is 0 Å². The number of hydrogen-bond donors (Lipinski definition) is 0. The molecule has 0 amide bonds. The molecule has 78 heavy (non-hydrogen) atoms. The molecule has 14 aromatic rings. The van der Waals surface area contributed by atoms with Crippen molar-refractivity contribution in [2.75, 3.05) is 4.90 Å². The average molecular weight is 1010 g/mol. The molecule has 0 aliphatic carbocycles. The number of halogens is 1. The van der Waals surface area contributed by atoms with E-state index in [0.717, 1.165) is 117 Å². The molecule has 2 aliphatic rings. The smallest absolute Gasteiger partial charge is 0.256 e. The number of anilines is 3. The van der Waals surface area contributed by atoms with Gasteiger partial charge >= 0.3 is 0 Å². The fourth-order valence-electron chi connectivity index (χ4n) is 13.0. The molecule has 0 radical (unpaired) electrons. The topological polar surface area (TPSA) is 22.3 Å². The van der Waals surface area contributed by atoms with E-state index in [4.69, 9.17) is 16.3 Å². The summed E-state index contributed by atoms with van der Waals surface area (Å²) < 4.78 is 12.0. The molecular weight excluding hydrogens is 969 g/mol.